The van der Waals surface area contributed by atoms with Gasteiger partial charge in [0.1, 0.15) is 0 Å². The van der Waals surface area contributed by atoms with Gasteiger partial charge in [0.25, 0.3) is 0 Å². The maximum absolute atomic E-state index is 12.5. The summed E-state index contributed by atoms with van der Waals surface area (Å²) in [6, 6.07) is 6.44. The van der Waals surface area contributed by atoms with Crippen LogP contribution in [0.5, 0.6) is 0 Å². The highest BCUT2D eigenvalue weighted by atomic mass is 16.2. The molecule has 1 heterocycles. The first kappa shape index (κ1) is 19.2. The predicted octanol–water partition coefficient (Wildman–Crippen LogP) is 3.31. The van der Waals surface area contributed by atoms with Gasteiger partial charge in [0.2, 0.25) is 17.7 Å². The molecule has 0 bridgehead atoms. The zero-order valence-electron chi connectivity index (χ0n) is 16.7. The minimum Gasteiger partial charge on any atom is -0.350 e. The molecule has 4 rings (SSSR count). The Hall–Kier alpha value is -2.17. The second-order valence-electron chi connectivity index (χ2n) is 8.60. The molecule has 1 aromatic rings. The first-order valence-corrected chi connectivity index (χ1v) is 10.8. The fourth-order valence-electron chi connectivity index (χ4n) is 5.08. The summed E-state index contributed by atoms with van der Waals surface area (Å²) in [5, 5.41) is 3.03. The van der Waals surface area contributed by atoms with Crippen molar-refractivity contribution in [3.8, 4) is 0 Å². The fourth-order valence-corrected chi connectivity index (χ4v) is 5.08. The largest absolute Gasteiger partial charge is 0.350 e. The van der Waals surface area contributed by atoms with Crippen LogP contribution in [0.2, 0.25) is 0 Å². The second-order valence-corrected chi connectivity index (χ2v) is 8.60. The molecule has 0 aromatic heterocycles. The van der Waals surface area contributed by atoms with Gasteiger partial charge >= 0.3 is 0 Å². The van der Waals surface area contributed by atoms with E-state index in [1.54, 1.807) is 0 Å². The number of likely N-dealkylation sites (tertiary alicyclic amines) is 1. The number of hydrogen-bond donors (Lipinski definition) is 1. The Balaban J connectivity index is 1.32. The summed E-state index contributed by atoms with van der Waals surface area (Å²) in [6.45, 7) is 2.19. The lowest BCUT2D eigenvalue weighted by atomic mass is 9.81. The fraction of sp³-hybridized carbons (Fsp3) is 0.609. The molecule has 0 unspecified atom stereocenters. The molecular weight excluding hydrogens is 352 g/mol. The molecule has 1 aliphatic heterocycles. The summed E-state index contributed by atoms with van der Waals surface area (Å²) < 4.78 is 0. The molecule has 5 heteroatoms. The molecule has 3 atom stereocenters. The van der Waals surface area contributed by atoms with Crippen molar-refractivity contribution in [2.24, 2.45) is 11.8 Å². The maximum Gasteiger partial charge on any atom is 0.233 e. The normalized spacial score (nSPS) is 25.2. The summed E-state index contributed by atoms with van der Waals surface area (Å²) in [4.78, 5) is 38.8. The highest BCUT2D eigenvalue weighted by Gasteiger charge is 2.47. The van der Waals surface area contributed by atoms with E-state index in [1.165, 1.54) is 28.9 Å². The van der Waals surface area contributed by atoms with Crippen molar-refractivity contribution in [1.82, 2.24) is 10.2 Å². The molecule has 1 aromatic carbocycles. The third kappa shape index (κ3) is 3.71. The third-order valence-electron chi connectivity index (χ3n) is 6.74. The summed E-state index contributed by atoms with van der Waals surface area (Å²) >= 11 is 0. The Labute approximate surface area is 166 Å². The van der Waals surface area contributed by atoms with Gasteiger partial charge in [-0.15, -0.1) is 0 Å². The number of fused-ring (bicyclic) bond motifs is 2. The van der Waals surface area contributed by atoms with Gasteiger partial charge in [0, 0.05) is 13.0 Å². The van der Waals surface area contributed by atoms with E-state index in [4.69, 9.17) is 0 Å². The van der Waals surface area contributed by atoms with Gasteiger partial charge in [-0.3, -0.25) is 19.3 Å². The van der Waals surface area contributed by atoms with Crippen molar-refractivity contribution >= 4 is 17.7 Å². The van der Waals surface area contributed by atoms with Gasteiger partial charge in [-0.2, -0.15) is 0 Å². The quantitative estimate of drug-likeness (QED) is 0.795. The number of nitrogens with zero attached hydrogens (tertiary/aromatic N) is 1. The number of carbonyl (C=O) groups excluding carboxylic acids is 3. The Morgan fingerprint density at radius 2 is 1.68 bits per heavy atom. The molecule has 1 saturated heterocycles. The minimum absolute atomic E-state index is 0.0646. The molecule has 3 amide bonds. The van der Waals surface area contributed by atoms with Crippen molar-refractivity contribution in [3.05, 3.63) is 34.9 Å². The Kier molecular flexibility index (Phi) is 5.51. The predicted molar refractivity (Wildman–Crippen MR) is 106 cm³/mol. The number of imide groups is 1. The Morgan fingerprint density at radius 3 is 2.36 bits per heavy atom. The van der Waals surface area contributed by atoms with E-state index < -0.39 is 0 Å². The van der Waals surface area contributed by atoms with Crippen LogP contribution in [0.3, 0.4) is 0 Å². The molecule has 28 heavy (non-hydrogen) atoms. The zero-order chi connectivity index (χ0) is 19.7. The van der Waals surface area contributed by atoms with E-state index in [0.29, 0.717) is 0 Å². The molecule has 2 fully saturated rings. The van der Waals surface area contributed by atoms with Crippen LogP contribution in [0.15, 0.2) is 18.2 Å². The van der Waals surface area contributed by atoms with Crippen LogP contribution in [0, 0.1) is 11.8 Å². The first-order valence-electron chi connectivity index (χ1n) is 10.8. The molecule has 1 saturated carbocycles. The van der Waals surface area contributed by atoms with Crippen molar-refractivity contribution < 1.29 is 14.4 Å². The van der Waals surface area contributed by atoms with E-state index in [0.717, 1.165) is 44.1 Å². The average molecular weight is 383 g/mol. The first-order chi connectivity index (χ1) is 13.5. The van der Waals surface area contributed by atoms with Crippen LogP contribution in [-0.4, -0.2) is 29.2 Å². The number of hydrogen-bond acceptors (Lipinski definition) is 3. The zero-order valence-corrected chi connectivity index (χ0v) is 16.7. The van der Waals surface area contributed by atoms with Crippen molar-refractivity contribution in [3.63, 3.8) is 0 Å². The van der Waals surface area contributed by atoms with Gasteiger partial charge in [0.15, 0.2) is 0 Å². The summed E-state index contributed by atoms with van der Waals surface area (Å²) in [5.74, 6) is -0.520. The highest BCUT2D eigenvalue weighted by Crippen LogP contribution is 2.38. The average Bonchev–Trinajstić information content (AvgIpc) is 2.96. The molecule has 150 valence electrons. The van der Waals surface area contributed by atoms with Crippen LogP contribution >= 0.6 is 0 Å². The third-order valence-corrected chi connectivity index (χ3v) is 6.74. The van der Waals surface area contributed by atoms with Crippen molar-refractivity contribution in [2.75, 3.05) is 6.54 Å². The van der Waals surface area contributed by atoms with Crippen LogP contribution in [-0.2, 0) is 27.2 Å². The number of rotatable bonds is 5. The second kappa shape index (κ2) is 8.06. The van der Waals surface area contributed by atoms with Gasteiger partial charge < -0.3 is 5.32 Å². The van der Waals surface area contributed by atoms with Gasteiger partial charge in [-0.25, -0.2) is 0 Å². The van der Waals surface area contributed by atoms with E-state index in [2.05, 4.69) is 23.5 Å². The van der Waals surface area contributed by atoms with E-state index in [1.807, 2.05) is 6.92 Å². The Morgan fingerprint density at radius 1 is 1.04 bits per heavy atom. The topological polar surface area (TPSA) is 66.5 Å². The van der Waals surface area contributed by atoms with E-state index in [9.17, 15) is 14.4 Å². The summed E-state index contributed by atoms with van der Waals surface area (Å²) in [5.41, 5.74) is 3.95. The molecule has 5 nitrogen and oxygen atoms in total. The monoisotopic (exact) mass is 382 g/mol. The molecule has 2 aliphatic carbocycles. The number of benzene rings is 1. The highest BCUT2D eigenvalue weighted by molar-refractivity contribution is 6.05. The molecule has 0 radical (unpaired) electrons. The van der Waals surface area contributed by atoms with Crippen LogP contribution in [0.1, 0.15) is 74.6 Å². The number of aryl methyl sites for hydroxylation is 2. The smallest absolute Gasteiger partial charge is 0.233 e. The number of nitrogens with one attached hydrogen (secondary N) is 1. The molecule has 1 N–H and O–H groups in total. The van der Waals surface area contributed by atoms with Crippen LogP contribution in [0.25, 0.3) is 0 Å². The number of carbonyl (C=O) groups is 3. The van der Waals surface area contributed by atoms with Gasteiger partial charge in [0.05, 0.1) is 17.9 Å². The minimum atomic E-state index is -0.140. The SMILES string of the molecule is C[C@H](NC(=O)CCN1C(=O)[C@H]2CCCC[C@@H]2C1=O)c1ccc2c(c1)CCCC2. The van der Waals surface area contributed by atoms with Crippen molar-refractivity contribution in [1.29, 1.82) is 0 Å². The molecule has 0 spiro atoms. The van der Waals surface area contributed by atoms with Crippen LogP contribution < -0.4 is 5.32 Å². The molecular formula is C23H30N2O3. The van der Waals surface area contributed by atoms with Crippen molar-refractivity contribution in [2.45, 2.75) is 70.8 Å². The van der Waals surface area contributed by atoms with Gasteiger partial charge in [-0.1, -0.05) is 31.0 Å². The lowest BCUT2D eigenvalue weighted by molar-refractivity contribution is -0.140. The Bertz CT molecular complexity index is 764. The molecule has 3 aliphatic rings. The van der Waals surface area contributed by atoms with Crippen LogP contribution in [0.4, 0.5) is 0 Å². The van der Waals surface area contributed by atoms with E-state index in [-0.39, 0.29) is 48.6 Å². The number of amides is 3. The summed E-state index contributed by atoms with van der Waals surface area (Å²) in [6.07, 6.45) is 8.60. The lowest BCUT2D eigenvalue weighted by Gasteiger charge is -2.20. The standard InChI is InChI=1S/C23H30N2O3/c1-15(17-11-10-16-6-2-3-7-18(16)14-17)24-21(26)12-13-25-22(27)19-8-4-5-9-20(19)23(25)28/h10-11,14-15,19-20H,2-9,12-13H2,1H3,(H,24,26)/t15-,19-,20-/m0/s1. The lowest BCUT2D eigenvalue weighted by Crippen LogP contribution is -2.36. The van der Waals surface area contributed by atoms with E-state index >= 15 is 0 Å². The van der Waals surface area contributed by atoms with Gasteiger partial charge in [-0.05, 0) is 62.1 Å². The summed E-state index contributed by atoms with van der Waals surface area (Å²) in [7, 11) is 0. The maximum atomic E-state index is 12.5.